The number of carbonyl (C=O) groups excluding carboxylic acids is 1. The standard InChI is InChI=1S/C27H22N2O5/c1-17-4-6-19(7-5-17)14-15-27(32,20-8-11-22(33-3)12-9-20)26(31)28-21-10-13-23-24(16-21)18(2)29-34-25(23)30/h4-13,16,32H,1-3H3,(H,28,31). The summed E-state index contributed by atoms with van der Waals surface area (Å²) in [7, 11) is 1.53. The van der Waals surface area contributed by atoms with Gasteiger partial charge < -0.3 is 19.7 Å². The average Bonchev–Trinajstić information content (AvgIpc) is 2.86. The van der Waals surface area contributed by atoms with Crippen LogP contribution in [-0.2, 0) is 10.4 Å². The van der Waals surface area contributed by atoms with Gasteiger partial charge in [0.2, 0.25) is 5.60 Å². The fraction of sp³-hybridized carbons (Fsp3) is 0.148. The summed E-state index contributed by atoms with van der Waals surface area (Å²) in [6, 6.07) is 18.6. The highest BCUT2D eigenvalue weighted by atomic mass is 16.5. The van der Waals surface area contributed by atoms with E-state index in [1.54, 1.807) is 43.3 Å². The molecular formula is C27H22N2O5. The molecule has 4 aromatic rings. The quantitative estimate of drug-likeness (QED) is 0.456. The fourth-order valence-corrected chi connectivity index (χ4v) is 3.42. The molecule has 34 heavy (non-hydrogen) atoms. The first-order valence-electron chi connectivity index (χ1n) is 10.5. The largest absolute Gasteiger partial charge is 0.497 e. The van der Waals surface area contributed by atoms with E-state index in [1.165, 1.54) is 13.2 Å². The molecule has 3 aromatic carbocycles. The van der Waals surface area contributed by atoms with E-state index in [2.05, 4.69) is 22.3 Å². The van der Waals surface area contributed by atoms with Crippen molar-refractivity contribution in [2.24, 2.45) is 0 Å². The van der Waals surface area contributed by atoms with Crippen molar-refractivity contribution >= 4 is 22.4 Å². The van der Waals surface area contributed by atoms with Gasteiger partial charge in [0.25, 0.3) is 5.91 Å². The number of nitrogens with one attached hydrogen (secondary N) is 1. The number of nitrogens with zero attached hydrogens (tertiary/aromatic N) is 1. The molecule has 0 spiro atoms. The third kappa shape index (κ3) is 4.53. The van der Waals surface area contributed by atoms with Crippen molar-refractivity contribution < 1.29 is 19.2 Å². The van der Waals surface area contributed by atoms with Crippen molar-refractivity contribution in [3.63, 3.8) is 0 Å². The van der Waals surface area contributed by atoms with E-state index < -0.39 is 17.1 Å². The van der Waals surface area contributed by atoms with Crippen molar-refractivity contribution in [2.45, 2.75) is 19.4 Å². The van der Waals surface area contributed by atoms with Gasteiger partial charge in [-0.3, -0.25) is 4.79 Å². The van der Waals surface area contributed by atoms with Crippen molar-refractivity contribution in [1.82, 2.24) is 5.16 Å². The minimum absolute atomic E-state index is 0.282. The maximum Gasteiger partial charge on any atom is 0.366 e. The first-order chi connectivity index (χ1) is 16.3. The van der Waals surface area contributed by atoms with E-state index in [0.29, 0.717) is 33.5 Å². The summed E-state index contributed by atoms with van der Waals surface area (Å²) < 4.78 is 9.93. The minimum atomic E-state index is -2.16. The van der Waals surface area contributed by atoms with Crippen LogP contribution >= 0.6 is 0 Å². The highest BCUT2D eigenvalue weighted by Crippen LogP contribution is 2.26. The molecule has 0 aliphatic rings. The maximum absolute atomic E-state index is 13.4. The second kappa shape index (κ2) is 9.22. The Hall–Kier alpha value is -4.41. The number of aromatic nitrogens is 1. The smallest absolute Gasteiger partial charge is 0.366 e. The summed E-state index contributed by atoms with van der Waals surface area (Å²) in [5.41, 5.74) is 0.150. The summed E-state index contributed by atoms with van der Waals surface area (Å²) in [6.45, 7) is 3.65. The van der Waals surface area contributed by atoms with Gasteiger partial charge in [-0.25, -0.2) is 4.79 Å². The van der Waals surface area contributed by atoms with Gasteiger partial charge >= 0.3 is 5.63 Å². The normalized spacial score (nSPS) is 12.4. The summed E-state index contributed by atoms with van der Waals surface area (Å²) in [6.07, 6.45) is 0. The Balaban J connectivity index is 1.74. The van der Waals surface area contributed by atoms with Crippen LogP contribution in [-0.4, -0.2) is 23.3 Å². The van der Waals surface area contributed by atoms with Crippen LogP contribution in [0.25, 0.3) is 10.8 Å². The molecule has 0 saturated carbocycles. The Bertz CT molecular complexity index is 1480. The van der Waals surface area contributed by atoms with Crippen molar-refractivity contribution in [1.29, 1.82) is 0 Å². The molecule has 7 nitrogen and oxygen atoms in total. The predicted octanol–water partition coefficient (Wildman–Crippen LogP) is 3.69. The van der Waals surface area contributed by atoms with Crippen LogP contribution in [0.1, 0.15) is 22.4 Å². The number of fused-ring (bicyclic) bond motifs is 1. The number of carbonyl (C=O) groups is 1. The molecule has 0 saturated heterocycles. The van der Waals surface area contributed by atoms with Gasteiger partial charge in [0.15, 0.2) is 0 Å². The second-order valence-electron chi connectivity index (χ2n) is 7.82. The number of hydrogen-bond acceptors (Lipinski definition) is 6. The molecule has 170 valence electrons. The summed E-state index contributed by atoms with van der Waals surface area (Å²) in [5, 5.41) is 18.8. The van der Waals surface area contributed by atoms with Gasteiger partial charge in [-0.2, -0.15) is 0 Å². The van der Waals surface area contributed by atoms with Gasteiger partial charge in [0, 0.05) is 22.2 Å². The molecule has 0 aliphatic heterocycles. The number of ether oxygens (including phenoxy) is 1. The number of aliphatic hydroxyl groups is 1. The molecule has 1 unspecified atom stereocenters. The van der Waals surface area contributed by atoms with Crippen molar-refractivity contribution in [3.8, 4) is 17.6 Å². The highest BCUT2D eigenvalue weighted by molar-refractivity contribution is 6.01. The molecule has 2 N–H and O–H groups in total. The Morgan fingerprint density at radius 1 is 1.03 bits per heavy atom. The first kappa shape index (κ1) is 22.8. The lowest BCUT2D eigenvalue weighted by Gasteiger charge is -2.22. The number of rotatable bonds is 4. The first-order valence-corrected chi connectivity index (χ1v) is 10.5. The maximum atomic E-state index is 13.4. The number of benzene rings is 3. The monoisotopic (exact) mass is 454 g/mol. The van der Waals surface area contributed by atoms with Crippen LogP contribution < -0.4 is 15.7 Å². The molecular weight excluding hydrogens is 432 g/mol. The third-order valence-electron chi connectivity index (χ3n) is 5.43. The summed E-state index contributed by atoms with van der Waals surface area (Å²) in [5.74, 6) is 5.47. The van der Waals surface area contributed by atoms with Gasteiger partial charge in [0.05, 0.1) is 18.2 Å². The van der Waals surface area contributed by atoms with E-state index in [9.17, 15) is 14.7 Å². The molecule has 1 atom stereocenters. The zero-order valence-electron chi connectivity index (χ0n) is 18.9. The number of aryl methyl sites for hydroxylation is 2. The summed E-state index contributed by atoms with van der Waals surface area (Å²) in [4.78, 5) is 25.3. The van der Waals surface area contributed by atoms with Crippen LogP contribution in [0.2, 0.25) is 0 Å². The third-order valence-corrected chi connectivity index (χ3v) is 5.43. The highest BCUT2D eigenvalue weighted by Gasteiger charge is 2.36. The number of amides is 1. The van der Waals surface area contributed by atoms with Gasteiger partial charge in [-0.05, 0) is 62.2 Å². The molecule has 0 fully saturated rings. The SMILES string of the molecule is COc1ccc(C(O)(C#Cc2ccc(C)cc2)C(=O)Nc2ccc3c(=O)onc(C)c3c2)cc1. The van der Waals surface area contributed by atoms with Gasteiger partial charge in [0.1, 0.15) is 5.75 Å². The van der Waals surface area contributed by atoms with E-state index in [4.69, 9.17) is 9.26 Å². The lowest BCUT2D eigenvalue weighted by Crippen LogP contribution is -2.39. The van der Waals surface area contributed by atoms with E-state index >= 15 is 0 Å². The number of anilines is 1. The Kier molecular flexibility index (Phi) is 6.17. The van der Waals surface area contributed by atoms with Crippen LogP contribution in [0.4, 0.5) is 5.69 Å². The van der Waals surface area contributed by atoms with Crippen LogP contribution in [0.5, 0.6) is 5.75 Å². The van der Waals surface area contributed by atoms with Crippen molar-refractivity contribution in [3.05, 3.63) is 99.5 Å². The molecule has 1 amide bonds. The molecule has 0 radical (unpaired) electrons. The zero-order chi connectivity index (χ0) is 24.3. The van der Waals surface area contributed by atoms with Crippen LogP contribution in [0.15, 0.2) is 76.0 Å². The van der Waals surface area contributed by atoms with Crippen LogP contribution in [0, 0.1) is 25.7 Å². The van der Waals surface area contributed by atoms with Gasteiger partial charge in [-0.15, -0.1) is 0 Å². The topological polar surface area (TPSA) is 102 Å². The van der Waals surface area contributed by atoms with Crippen LogP contribution in [0.3, 0.4) is 0 Å². The molecule has 7 heteroatoms. The molecule has 1 aromatic heterocycles. The van der Waals surface area contributed by atoms with Crippen molar-refractivity contribution in [2.75, 3.05) is 12.4 Å². The van der Waals surface area contributed by atoms with E-state index in [-0.39, 0.29) is 5.56 Å². The Labute approximate surface area is 196 Å². The molecule has 4 rings (SSSR count). The predicted molar refractivity (Wildman–Crippen MR) is 129 cm³/mol. The van der Waals surface area contributed by atoms with Gasteiger partial charge in [-0.1, -0.05) is 40.9 Å². The van der Waals surface area contributed by atoms with E-state index in [1.807, 2.05) is 31.2 Å². The lowest BCUT2D eigenvalue weighted by molar-refractivity contribution is -0.129. The Morgan fingerprint density at radius 3 is 2.41 bits per heavy atom. The number of methoxy groups -OCH3 is 1. The number of hydrogen-bond donors (Lipinski definition) is 2. The summed E-state index contributed by atoms with van der Waals surface area (Å²) >= 11 is 0. The fourth-order valence-electron chi connectivity index (χ4n) is 3.42. The average molecular weight is 454 g/mol. The molecule has 0 bridgehead atoms. The lowest BCUT2D eigenvalue weighted by atomic mass is 9.92. The molecule has 1 heterocycles. The zero-order valence-corrected chi connectivity index (χ0v) is 18.9. The molecule has 0 aliphatic carbocycles. The second-order valence-corrected chi connectivity index (χ2v) is 7.82. The minimum Gasteiger partial charge on any atom is -0.497 e. The Morgan fingerprint density at radius 2 is 1.74 bits per heavy atom. The van der Waals surface area contributed by atoms with E-state index in [0.717, 1.165) is 5.56 Å².